The molecule has 0 aromatic rings. The van der Waals surface area contributed by atoms with Gasteiger partial charge in [-0.2, -0.15) is 13.2 Å². The van der Waals surface area contributed by atoms with Gasteiger partial charge in [0, 0.05) is 13.0 Å². The smallest absolute Gasteiger partial charge is 0.393 e. The molecule has 8 heteroatoms. The Morgan fingerprint density at radius 3 is 2.28 bits per heavy atom. The Balaban J connectivity index is 2.93. The Morgan fingerprint density at radius 2 is 2.00 bits per heavy atom. The zero-order chi connectivity index (χ0) is 14.3. The first kappa shape index (κ1) is 14.9. The minimum Gasteiger partial charge on any atom is -0.393 e. The van der Waals surface area contributed by atoms with Crippen molar-refractivity contribution in [1.82, 2.24) is 4.90 Å². The highest BCUT2D eigenvalue weighted by Gasteiger charge is 2.50. The third-order valence-electron chi connectivity index (χ3n) is 2.82. The number of hydrogen-bond acceptors (Lipinski definition) is 3. The molecule has 0 aliphatic carbocycles. The molecule has 1 rings (SSSR count). The maximum Gasteiger partial charge on any atom is 0.399 e. The quantitative estimate of drug-likeness (QED) is 0.625. The molecule has 0 bridgehead atoms. The van der Waals surface area contributed by atoms with Crippen molar-refractivity contribution in [3.8, 4) is 0 Å². The highest BCUT2D eigenvalue weighted by atomic mass is 32.1. The van der Waals surface area contributed by atoms with Gasteiger partial charge in [0.25, 0.3) is 0 Å². The molecule has 1 atom stereocenters. The summed E-state index contributed by atoms with van der Waals surface area (Å²) in [4.78, 5) is 23.1. The van der Waals surface area contributed by atoms with Crippen molar-refractivity contribution in [3.63, 3.8) is 0 Å². The normalized spacial score (nSPS) is 21.3. The Kier molecular flexibility index (Phi) is 3.71. The largest absolute Gasteiger partial charge is 0.399 e. The van der Waals surface area contributed by atoms with Gasteiger partial charge in [-0.25, -0.2) is 0 Å². The lowest BCUT2D eigenvalue weighted by molar-refractivity contribution is -0.164. The molecule has 1 fully saturated rings. The molecule has 1 unspecified atom stereocenters. The molecule has 0 aromatic carbocycles. The number of carbonyl (C=O) groups excluding carboxylic acids is 2. The number of amides is 2. The lowest BCUT2D eigenvalue weighted by Gasteiger charge is -2.24. The monoisotopic (exact) mass is 282 g/mol. The summed E-state index contributed by atoms with van der Waals surface area (Å²) in [6, 6.07) is 0. The maximum absolute atomic E-state index is 12.7. The van der Waals surface area contributed by atoms with Gasteiger partial charge in [0.05, 0.1) is 10.4 Å². The number of thiocarbonyl (C=S) groups is 1. The highest BCUT2D eigenvalue weighted by Crippen LogP contribution is 2.34. The molecule has 0 aromatic heterocycles. The van der Waals surface area contributed by atoms with Crippen molar-refractivity contribution in [2.24, 2.45) is 17.1 Å². The second kappa shape index (κ2) is 4.49. The van der Waals surface area contributed by atoms with E-state index in [1.165, 1.54) is 13.8 Å². The van der Waals surface area contributed by atoms with E-state index >= 15 is 0 Å². The molecule has 1 aliphatic heterocycles. The predicted octanol–water partition coefficient (Wildman–Crippen LogP) is 1.24. The lowest BCUT2D eigenvalue weighted by Crippen LogP contribution is -2.46. The summed E-state index contributed by atoms with van der Waals surface area (Å²) in [6.07, 6.45) is -4.77. The van der Waals surface area contributed by atoms with Gasteiger partial charge in [-0.05, 0) is 0 Å². The molecule has 2 amide bonds. The van der Waals surface area contributed by atoms with Crippen molar-refractivity contribution < 1.29 is 22.8 Å². The van der Waals surface area contributed by atoms with E-state index in [9.17, 15) is 22.8 Å². The van der Waals surface area contributed by atoms with E-state index in [0.717, 1.165) is 0 Å². The van der Waals surface area contributed by atoms with Gasteiger partial charge in [-0.15, -0.1) is 0 Å². The van der Waals surface area contributed by atoms with Gasteiger partial charge in [0.2, 0.25) is 11.8 Å². The second-order valence-corrected chi connectivity index (χ2v) is 5.34. The van der Waals surface area contributed by atoms with Gasteiger partial charge in [0.15, 0.2) is 0 Å². The number of halogens is 3. The zero-order valence-corrected chi connectivity index (χ0v) is 10.7. The predicted molar refractivity (Wildman–Crippen MR) is 61.4 cm³/mol. The molecule has 18 heavy (non-hydrogen) atoms. The Morgan fingerprint density at radius 1 is 1.50 bits per heavy atom. The van der Waals surface area contributed by atoms with Crippen LogP contribution >= 0.6 is 12.2 Å². The van der Waals surface area contributed by atoms with Crippen LogP contribution in [0.3, 0.4) is 0 Å². The number of nitrogens with zero attached hydrogens (tertiary/aromatic N) is 1. The van der Waals surface area contributed by atoms with Crippen LogP contribution < -0.4 is 5.73 Å². The number of alkyl halides is 3. The van der Waals surface area contributed by atoms with Crippen molar-refractivity contribution in [1.29, 1.82) is 0 Å². The van der Waals surface area contributed by atoms with E-state index in [4.69, 9.17) is 5.73 Å². The van der Waals surface area contributed by atoms with E-state index in [1.807, 2.05) is 0 Å². The fraction of sp³-hybridized carbons (Fsp3) is 0.700. The standard InChI is InChI=1S/C10H13F3N2O2S/c1-9(2)3-6(16)15(8(9)17)4-5(7(14)18)10(11,12)13/h5H,3-4H2,1-2H3,(H2,14,18). The molecular weight excluding hydrogens is 269 g/mol. The van der Waals surface area contributed by atoms with Gasteiger partial charge < -0.3 is 5.73 Å². The first-order chi connectivity index (χ1) is 7.97. The van der Waals surface area contributed by atoms with E-state index in [0.29, 0.717) is 4.90 Å². The van der Waals surface area contributed by atoms with Crippen molar-refractivity contribution >= 4 is 29.0 Å². The van der Waals surface area contributed by atoms with Crippen molar-refractivity contribution in [2.75, 3.05) is 6.54 Å². The van der Waals surface area contributed by atoms with Crippen LogP contribution in [0.1, 0.15) is 20.3 Å². The summed E-state index contributed by atoms with van der Waals surface area (Å²) in [6.45, 7) is 2.19. The average molecular weight is 282 g/mol. The maximum atomic E-state index is 12.7. The number of carbonyl (C=O) groups is 2. The number of likely N-dealkylation sites (tertiary alicyclic amines) is 1. The number of hydrogen-bond donors (Lipinski definition) is 1. The number of rotatable bonds is 3. The SMILES string of the molecule is CC1(C)CC(=O)N(CC(C(N)=S)C(F)(F)F)C1=O. The van der Waals surface area contributed by atoms with Crippen LogP contribution in [-0.2, 0) is 9.59 Å². The first-order valence-corrected chi connectivity index (χ1v) is 5.58. The van der Waals surface area contributed by atoms with Crippen LogP contribution in [0.4, 0.5) is 13.2 Å². The topological polar surface area (TPSA) is 63.4 Å². The highest BCUT2D eigenvalue weighted by molar-refractivity contribution is 7.80. The average Bonchev–Trinajstić information content (AvgIpc) is 2.31. The Labute approximate surface area is 107 Å². The molecule has 1 aliphatic rings. The fourth-order valence-electron chi connectivity index (χ4n) is 1.75. The van der Waals surface area contributed by atoms with E-state index < -0.39 is 40.9 Å². The van der Waals surface area contributed by atoms with Gasteiger partial charge in [0.1, 0.15) is 5.92 Å². The minimum absolute atomic E-state index is 0.103. The van der Waals surface area contributed by atoms with Crippen molar-refractivity contribution in [2.45, 2.75) is 26.4 Å². The zero-order valence-electron chi connectivity index (χ0n) is 9.87. The third kappa shape index (κ3) is 2.80. The summed E-state index contributed by atoms with van der Waals surface area (Å²) in [5.41, 5.74) is 4.05. The number of imide groups is 1. The first-order valence-electron chi connectivity index (χ1n) is 5.17. The minimum atomic E-state index is -4.67. The summed E-state index contributed by atoms with van der Waals surface area (Å²) >= 11 is 4.34. The summed E-state index contributed by atoms with van der Waals surface area (Å²) in [7, 11) is 0. The van der Waals surface area contributed by atoms with E-state index in [2.05, 4.69) is 12.2 Å². The van der Waals surface area contributed by atoms with Gasteiger partial charge in [-0.1, -0.05) is 26.1 Å². The van der Waals surface area contributed by atoms with Crippen molar-refractivity contribution in [3.05, 3.63) is 0 Å². The molecule has 0 radical (unpaired) electrons. The molecule has 102 valence electrons. The fourth-order valence-corrected chi connectivity index (χ4v) is 1.96. The Bertz CT molecular complexity index is 406. The van der Waals surface area contributed by atoms with Crippen LogP contribution in [-0.4, -0.2) is 34.4 Å². The Hall–Kier alpha value is -1.18. The molecule has 1 heterocycles. The van der Waals surface area contributed by atoms with Gasteiger partial charge in [-0.3, -0.25) is 14.5 Å². The molecule has 2 N–H and O–H groups in total. The molecule has 0 saturated carbocycles. The van der Waals surface area contributed by atoms with Crippen LogP contribution in [0.2, 0.25) is 0 Å². The molecule has 4 nitrogen and oxygen atoms in total. The molecule has 1 saturated heterocycles. The van der Waals surface area contributed by atoms with Crippen LogP contribution in [0.15, 0.2) is 0 Å². The van der Waals surface area contributed by atoms with E-state index in [-0.39, 0.29) is 6.42 Å². The summed E-state index contributed by atoms with van der Waals surface area (Å²) in [5.74, 6) is -3.41. The van der Waals surface area contributed by atoms with Crippen LogP contribution in [0.25, 0.3) is 0 Å². The third-order valence-corrected chi connectivity index (χ3v) is 3.11. The van der Waals surface area contributed by atoms with Crippen LogP contribution in [0.5, 0.6) is 0 Å². The van der Waals surface area contributed by atoms with E-state index in [1.54, 1.807) is 0 Å². The summed E-state index contributed by atoms with van der Waals surface area (Å²) in [5, 5.41) is 0. The second-order valence-electron chi connectivity index (χ2n) is 4.87. The van der Waals surface area contributed by atoms with Gasteiger partial charge >= 0.3 is 6.18 Å². The molecular formula is C10H13F3N2O2S. The number of nitrogens with two attached hydrogens (primary N) is 1. The lowest BCUT2D eigenvalue weighted by atomic mass is 9.92. The van der Waals surface area contributed by atoms with Crippen LogP contribution in [0, 0.1) is 11.3 Å². The molecule has 0 spiro atoms. The summed E-state index contributed by atoms with van der Waals surface area (Å²) < 4.78 is 38.0.